The maximum Gasteiger partial charge on any atom is 0.281 e. The summed E-state index contributed by atoms with van der Waals surface area (Å²) in [6, 6.07) is 12.0. The van der Waals surface area contributed by atoms with Crippen molar-refractivity contribution in [2.24, 2.45) is 0 Å². The second-order valence-corrected chi connectivity index (χ2v) is 11.4. The molecule has 4 aromatic rings. The average Bonchev–Trinajstić information content (AvgIpc) is 3.31. The van der Waals surface area contributed by atoms with Crippen molar-refractivity contribution >= 4 is 32.8 Å². The molecule has 1 fully saturated rings. The molecule has 1 N–H and O–H groups in total. The summed E-state index contributed by atoms with van der Waals surface area (Å²) in [6.45, 7) is 1.77. The number of hydrogen-bond donors (Lipinski definition) is 1. The lowest BCUT2D eigenvalue weighted by atomic mass is 9.97. The van der Waals surface area contributed by atoms with Crippen molar-refractivity contribution in [2.45, 2.75) is 30.2 Å². The van der Waals surface area contributed by atoms with Gasteiger partial charge in [-0.1, -0.05) is 28.9 Å². The van der Waals surface area contributed by atoms with Crippen LogP contribution in [0, 0.1) is 0 Å². The van der Waals surface area contributed by atoms with E-state index in [-0.39, 0.29) is 21.9 Å². The lowest BCUT2D eigenvalue weighted by Crippen LogP contribution is -2.38. The van der Waals surface area contributed by atoms with Crippen LogP contribution < -0.4 is 15.0 Å². The van der Waals surface area contributed by atoms with Crippen LogP contribution in [-0.4, -0.2) is 64.0 Å². The smallest absolute Gasteiger partial charge is 0.281 e. The highest BCUT2D eigenvalue weighted by Gasteiger charge is 2.32. The van der Waals surface area contributed by atoms with Gasteiger partial charge in [-0.15, -0.1) is 5.10 Å². The van der Waals surface area contributed by atoms with Crippen molar-refractivity contribution in [1.82, 2.24) is 29.3 Å². The monoisotopic (exact) mass is 542 g/mol. The number of aromatic nitrogens is 5. The zero-order valence-corrected chi connectivity index (χ0v) is 21.2. The Balaban J connectivity index is 1.21. The Morgan fingerprint density at radius 2 is 1.84 bits per heavy atom. The van der Waals surface area contributed by atoms with E-state index in [1.54, 1.807) is 16.8 Å². The number of piperidine rings is 1. The van der Waals surface area contributed by atoms with Crippen LogP contribution in [0.4, 0.5) is 0 Å². The molecule has 11 nitrogen and oxygen atoms in total. The summed E-state index contributed by atoms with van der Waals surface area (Å²) >= 11 is 6.09. The Labute approximate surface area is 217 Å². The van der Waals surface area contributed by atoms with Gasteiger partial charge in [-0.05, 0) is 42.7 Å². The number of sulfonamides is 1. The molecule has 0 atom stereocenters. The third kappa shape index (κ3) is 4.56. The minimum atomic E-state index is -3.71. The highest BCUT2D eigenvalue weighted by atomic mass is 35.5. The number of ether oxygens (including phenoxy) is 2. The first-order valence-electron chi connectivity index (χ1n) is 11.9. The maximum atomic E-state index is 13.3. The molecule has 37 heavy (non-hydrogen) atoms. The van der Waals surface area contributed by atoms with Crippen LogP contribution >= 0.6 is 11.6 Å². The summed E-state index contributed by atoms with van der Waals surface area (Å²) < 4.78 is 40.6. The van der Waals surface area contributed by atoms with Crippen LogP contribution in [0.25, 0.3) is 11.2 Å². The second-order valence-electron chi connectivity index (χ2n) is 8.98. The molecule has 2 aliphatic rings. The molecule has 0 amide bonds. The van der Waals surface area contributed by atoms with Crippen molar-refractivity contribution in [3.63, 3.8) is 0 Å². The van der Waals surface area contributed by atoms with Crippen molar-refractivity contribution in [2.75, 3.05) is 26.3 Å². The quantitative estimate of drug-likeness (QED) is 0.407. The molecule has 0 unspecified atom stereocenters. The number of rotatable bonds is 5. The predicted octanol–water partition coefficient (Wildman–Crippen LogP) is 2.56. The molecule has 0 spiro atoms. The van der Waals surface area contributed by atoms with E-state index in [9.17, 15) is 13.2 Å². The number of hydrogen-bond acceptors (Lipinski definition) is 8. The van der Waals surface area contributed by atoms with Crippen LogP contribution in [0.1, 0.15) is 30.1 Å². The number of nitrogens with one attached hydrogen (secondary N) is 1. The molecule has 2 aromatic heterocycles. The molecule has 4 heterocycles. The van der Waals surface area contributed by atoms with Gasteiger partial charge in [0.1, 0.15) is 19.0 Å². The normalized spacial score (nSPS) is 16.8. The van der Waals surface area contributed by atoms with Crippen molar-refractivity contribution in [3.8, 4) is 11.5 Å². The van der Waals surface area contributed by atoms with Crippen LogP contribution in [0.15, 0.2) is 52.2 Å². The van der Waals surface area contributed by atoms with Gasteiger partial charge < -0.3 is 14.5 Å². The first-order chi connectivity index (χ1) is 17.9. The average molecular weight is 543 g/mol. The Morgan fingerprint density at radius 3 is 2.62 bits per heavy atom. The minimum Gasteiger partial charge on any atom is -0.486 e. The Bertz CT molecular complexity index is 1650. The van der Waals surface area contributed by atoms with Gasteiger partial charge in [-0.3, -0.25) is 4.79 Å². The predicted molar refractivity (Wildman–Crippen MR) is 135 cm³/mol. The summed E-state index contributed by atoms with van der Waals surface area (Å²) in [5, 5.41) is 8.71. The molecule has 0 aliphatic carbocycles. The van der Waals surface area contributed by atoms with Gasteiger partial charge >= 0.3 is 0 Å². The fourth-order valence-electron chi connectivity index (χ4n) is 4.69. The van der Waals surface area contributed by atoms with Gasteiger partial charge in [0.25, 0.3) is 5.56 Å². The largest absolute Gasteiger partial charge is 0.486 e. The Kier molecular flexibility index (Phi) is 6.09. The van der Waals surface area contributed by atoms with Crippen molar-refractivity contribution < 1.29 is 17.9 Å². The third-order valence-electron chi connectivity index (χ3n) is 6.61. The van der Waals surface area contributed by atoms with Gasteiger partial charge in [-0.2, -0.15) is 4.31 Å². The van der Waals surface area contributed by atoms with Crippen molar-refractivity contribution in [1.29, 1.82) is 0 Å². The van der Waals surface area contributed by atoms with Crippen LogP contribution in [0.5, 0.6) is 11.5 Å². The Hall–Kier alpha value is -3.48. The van der Waals surface area contributed by atoms with Gasteiger partial charge in [0.2, 0.25) is 10.0 Å². The molecular weight excluding hydrogens is 520 g/mol. The molecule has 6 rings (SSSR count). The summed E-state index contributed by atoms with van der Waals surface area (Å²) in [7, 11) is -3.71. The fourth-order valence-corrected chi connectivity index (χ4v) is 6.39. The number of fused-ring (bicyclic) bond motifs is 2. The summed E-state index contributed by atoms with van der Waals surface area (Å²) in [5.41, 5.74) is 1.07. The van der Waals surface area contributed by atoms with Gasteiger partial charge in [0.05, 0.1) is 11.4 Å². The topological polar surface area (TPSA) is 132 Å². The number of nitrogens with zero attached hydrogens (tertiary/aromatic N) is 5. The van der Waals surface area contributed by atoms with Crippen LogP contribution in [0.2, 0.25) is 5.02 Å². The zero-order valence-electron chi connectivity index (χ0n) is 19.6. The summed E-state index contributed by atoms with van der Waals surface area (Å²) in [5.74, 6) is 1.36. The lowest BCUT2D eigenvalue weighted by Gasteiger charge is -2.31. The van der Waals surface area contributed by atoms with Gasteiger partial charge in [-0.25, -0.2) is 18.1 Å². The number of aromatic amines is 1. The maximum absolute atomic E-state index is 13.3. The van der Waals surface area contributed by atoms with E-state index in [4.69, 9.17) is 21.1 Å². The highest BCUT2D eigenvalue weighted by molar-refractivity contribution is 7.89. The molecule has 2 aromatic carbocycles. The Morgan fingerprint density at radius 1 is 1.05 bits per heavy atom. The van der Waals surface area contributed by atoms with Crippen molar-refractivity contribution in [3.05, 3.63) is 69.2 Å². The van der Waals surface area contributed by atoms with E-state index in [1.165, 1.54) is 16.4 Å². The number of halogens is 1. The minimum absolute atomic E-state index is 0.113. The van der Waals surface area contributed by atoms with E-state index < -0.39 is 10.0 Å². The second kappa shape index (κ2) is 9.43. The molecule has 0 saturated carbocycles. The fraction of sp³-hybridized carbons (Fsp3) is 0.333. The van der Waals surface area contributed by atoms with E-state index in [0.717, 1.165) is 5.56 Å². The van der Waals surface area contributed by atoms with Gasteiger partial charge in [0.15, 0.2) is 22.7 Å². The summed E-state index contributed by atoms with van der Waals surface area (Å²) in [6.07, 6.45) is 1.02. The zero-order chi connectivity index (χ0) is 25.6. The SMILES string of the molecule is O=c1[nH]c(C2CCN(S(=O)(=O)c3ccc4c(c3)OCCO4)CC2)nc2c1nnn2Cc1cccc(Cl)c1. The number of H-pyrrole nitrogens is 1. The first-order valence-corrected chi connectivity index (χ1v) is 13.7. The first kappa shape index (κ1) is 23.9. The van der Waals surface area contributed by atoms with E-state index >= 15 is 0 Å². The highest BCUT2D eigenvalue weighted by Crippen LogP contribution is 2.35. The molecule has 13 heteroatoms. The van der Waals surface area contributed by atoms with Crippen LogP contribution in [-0.2, 0) is 16.6 Å². The standard InChI is InChI=1S/C24H23ClN6O5S/c25-17-3-1-2-15(12-17)14-31-23-21(28-29-31)24(32)27-22(26-23)16-6-8-30(9-7-16)37(33,34)18-4-5-19-20(13-18)36-11-10-35-19/h1-5,12-13,16H,6-11,14H2,(H,26,27,32). The number of benzene rings is 2. The molecule has 2 aliphatic heterocycles. The molecule has 0 bridgehead atoms. The molecule has 0 radical (unpaired) electrons. The van der Waals surface area contributed by atoms with Crippen LogP contribution in [0.3, 0.4) is 0 Å². The van der Waals surface area contributed by atoms with E-state index in [1.807, 2.05) is 18.2 Å². The van der Waals surface area contributed by atoms with Gasteiger partial charge in [0, 0.05) is 30.1 Å². The van der Waals surface area contributed by atoms with E-state index in [2.05, 4.69) is 20.3 Å². The lowest BCUT2D eigenvalue weighted by molar-refractivity contribution is 0.171. The summed E-state index contributed by atoms with van der Waals surface area (Å²) in [4.78, 5) is 20.4. The molecule has 1 saturated heterocycles. The van der Waals surface area contributed by atoms with E-state index in [0.29, 0.717) is 73.7 Å². The third-order valence-corrected chi connectivity index (χ3v) is 8.74. The molecular formula is C24H23ClN6O5S. The molecule has 192 valence electrons.